The van der Waals surface area contributed by atoms with Crippen molar-refractivity contribution in [2.75, 3.05) is 0 Å². The van der Waals surface area contributed by atoms with Gasteiger partial charge in [-0.2, -0.15) is 10.2 Å². The Labute approximate surface area is 111 Å². The van der Waals surface area contributed by atoms with Crippen LogP contribution in [0.1, 0.15) is 11.1 Å². The standard InChI is InChI=1S/C14H14N5/c1-10-8-12(6-7-13(10)17-16)18-19-14-5-3-2-4-11(14)9-15/h2-8H,9,15H2,1H3/q+1. The van der Waals surface area contributed by atoms with Gasteiger partial charge in [0.1, 0.15) is 0 Å². The Kier molecular flexibility index (Phi) is 3.96. The Balaban J connectivity index is 2.28. The molecule has 0 fully saturated rings. The number of hydrogen-bond donors (Lipinski definition) is 1. The minimum Gasteiger partial charge on any atom is -0.326 e. The molecule has 2 aromatic carbocycles. The van der Waals surface area contributed by atoms with Crippen LogP contribution in [0.3, 0.4) is 0 Å². The molecule has 5 nitrogen and oxygen atoms in total. The van der Waals surface area contributed by atoms with Gasteiger partial charge in [-0.1, -0.05) is 18.2 Å². The highest BCUT2D eigenvalue weighted by Gasteiger charge is 2.09. The maximum atomic E-state index is 8.74. The molecule has 0 bridgehead atoms. The molecule has 0 radical (unpaired) electrons. The molecule has 5 heteroatoms. The summed E-state index contributed by atoms with van der Waals surface area (Å²) in [7, 11) is 0. The third-order valence-electron chi connectivity index (χ3n) is 2.77. The lowest BCUT2D eigenvalue weighted by atomic mass is 10.2. The summed E-state index contributed by atoms with van der Waals surface area (Å²) in [6.07, 6.45) is 0. The first-order valence-electron chi connectivity index (χ1n) is 5.90. The van der Waals surface area contributed by atoms with Gasteiger partial charge in [-0.25, -0.2) is 0 Å². The molecule has 0 atom stereocenters. The molecule has 2 N–H and O–H groups in total. The van der Waals surface area contributed by atoms with Crippen molar-refractivity contribution in [3.8, 4) is 0 Å². The summed E-state index contributed by atoms with van der Waals surface area (Å²) in [6.45, 7) is 2.28. The van der Waals surface area contributed by atoms with Gasteiger partial charge in [0.15, 0.2) is 4.98 Å². The van der Waals surface area contributed by atoms with Gasteiger partial charge in [-0.3, -0.25) is 0 Å². The smallest absolute Gasteiger partial charge is 0.326 e. The monoisotopic (exact) mass is 252 g/mol. The number of nitrogens with two attached hydrogens (primary N) is 1. The minimum atomic E-state index is 0.427. The van der Waals surface area contributed by atoms with Gasteiger partial charge in [0.25, 0.3) is 0 Å². The third kappa shape index (κ3) is 3.00. The Morgan fingerprint density at radius 3 is 2.63 bits per heavy atom. The lowest BCUT2D eigenvalue weighted by Gasteiger charge is -2.00. The van der Waals surface area contributed by atoms with Gasteiger partial charge in [-0.05, 0) is 30.7 Å². The highest BCUT2D eigenvalue weighted by atomic mass is 15.1. The SMILES string of the molecule is Cc1cc(N=Nc2ccccc2CN)ccc1[N+]#N. The number of hydrogen-bond acceptors (Lipinski definition) is 4. The lowest BCUT2D eigenvalue weighted by Crippen LogP contribution is -1.95. The zero-order valence-electron chi connectivity index (χ0n) is 10.6. The number of nitrogens with zero attached hydrogens (tertiary/aromatic N) is 4. The zero-order valence-corrected chi connectivity index (χ0v) is 10.6. The van der Waals surface area contributed by atoms with E-state index in [2.05, 4.69) is 15.2 Å². The third-order valence-corrected chi connectivity index (χ3v) is 2.77. The second-order valence-electron chi connectivity index (χ2n) is 4.10. The van der Waals surface area contributed by atoms with Crippen molar-refractivity contribution in [2.24, 2.45) is 16.0 Å². The van der Waals surface area contributed by atoms with Crippen LogP contribution in [0.15, 0.2) is 52.7 Å². The second kappa shape index (κ2) is 5.85. The molecule has 0 aliphatic rings. The Morgan fingerprint density at radius 1 is 1.16 bits per heavy atom. The van der Waals surface area contributed by atoms with E-state index in [9.17, 15) is 0 Å². The van der Waals surface area contributed by atoms with Crippen LogP contribution in [0, 0.1) is 12.3 Å². The van der Waals surface area contributed by atoms with Gasteiger partial charge < -0.3 is 5.73 Å². The van der Waals surface area contributed by atoms with Gasteiger partial charge in [0, 0.05) is 18.2 Å². The van der Waals surface area contributed by atoms with Crippen LogP contribution in [0.4, 0.5) is 17.1 Å². The number of aryl methyl sites for hydroxylation is 1. The van der Waals surface area contributed by atoms with E-state index in [1.54, 1.807) is 12.1 Å². The number of azo groups is 1. The molecule has 0 saturated heterocycles. The van der Waals surface area contributed by atoms with E-state index >= 15 is 0 Å². The fraction of sp³-hybridized carbons (Fsp3) is 0.143. The van der Waals surface area contributed by atoms with E-state index < -0.39 is 0 Å². The molecular formula is C14H14N5+. The van der Waals surface area contributed by atoms with Crippen LogP contribution in [-0.2, 0) is 6.54 Å². The number of diazo groups is 1. The van der Waals surface area contributed by atoms with Crippen LogP contribution in [0.5, 0.6) is 0 Å². The highest BCUT2D eigenvalue weighted by molar-refractivity contribution is 5.57. The molecule has 0 spiro atoms. The molecule has 0 aromatic heterocycles. The summed E-state index contributed by atoms with van der Waals surface area (Å²) < 4.78 is 0. The fourth-order valence-corrected chi connectivity index (χ4v) is 1.71. The summed E-state index contributed by atoms with van der Waals surface area (Å²) in [5.74, 6) is 0. The van der Waals surface area contributed by atoms with Gasteiger partial charge in [-0.15, -0.1) is 0 Å². The summed E-state index contributed by atoms with van der Waals surface area (Å²) in [6, 6.07) is 12.9. The van der Waals surface area contributed by atoms with E-state index in [-0.39, 0.29) is 0 Å². The zero-order chi connectivity index (χ0) is 13.7. The van der Waals surface area contributed by atoms with Crippen LogP contribution >= 0.6 is 0 Å². The highest BCUT2D eigenvalue weighted by Crippen LogP contribution is 2.26. The normalized spacial score (nSPS) is 10.6. The lowest BCUT2D eigenvalue weighted by molar-refractivity contribution is 1.05. The maximum Gasteiger partial charge on any atom is 0.388 e. The van der Waals surface area contributed by atoms with Crippen molar-refractivity contribution in [3.63, 3.8) is 0 Å². The first-order valence-corrected chi connectivity index (χ1v) is 5.90. The Hall–Kier alpha value is -2.58. The summed E-state index contributed by atoms with van der Waals surface area (Å²) >= 11 is 0. The largest absolute Gasteiger partial charge is 0.388 e. The molecule has 0 amide bonds. The molecular weight excluding hydrogens is 238 g/mol. The Morgan fingerprint density at radius 2 is 1.95 bits per heavy atom. The maximum absolute atomic E-state index is 8.74. The quantitative estimate of drug-likeness (QED) is 0.650. The molecule has 19 heavy (non-hydrogen) atoms. The van der Waals surface area contributed by atoms with Crippen molar-refractivity contribution in [1.82, 2.24) is 0 Å². The van der Waals surface area contributed by atoms with E-state index in [0.717, 1.165) is 16.8 Å². The van der Waals surface area contributed by atoms with E-state index in [0.29, 0.717) is 17.9 Å². The van der Waals surface area contributed by atoms with E-state index in [1.165, 1.54) is 0 Å². The van der Waals surface area contributed by atoms with Crippen molar-refractivity contribution in [2.45, 2.75) is 13.5 Å². The predicted molar refractivity (Wildman–Crippen MR) is 74.4 cm³/mol. The molecule has 0 heterocycles. The van der Waals surface area contributed by atoms with Gasteiger partial charge >= 0.3 is 5.69 Å². The predicted octanol–water partition coefficient (Wildman–Crippen LogP) is 4.35. The molecule has 0 unspecified atom stereocenters. The molecule has 2 rings (SSSR count). The second-order valence-corrected chi connectivity index (χ2v) is 4.10. The average molecular weight is 252 g/mol. The average Bonchev–Trinajstić information content (AvgIpc) is 2.45. The number of rotatable bonds is 3. The van der Waals surface area contributed by atoms with Crippen molar-refractivity contribution in [3.05, 3.63) is 58.6 Å². The van der Waals surface area contributed by atoms with Crippen LogP contribution in [0.25, 0.3) is 4.98 Å². The first-order chi connectivity index (χ1) is 9.24. The topological polar surface area (TPSA) is 78.9 Å². The van der Waals surface area contributed by atoms with Crippen molar-refractivity contribution >= 4 is 17.1 Å². The molecule has 0 aliphatic carbocycles. The molecule has 0 aliphatic heterocycles. The van der Waals surface area contributed by atoms with Crippen LogP contribution in [0.2, 0.25) is 0 Å². The molecule has 0 saturated carbocycles. The first kappa shape index (κ1) is 12.9. The van der Waals surface area contributed by atoms with Crippen molar-refractivity contribution in [1.29, 1.82) is 5.39 Å². The molecule has 94 valence electrons. The van der Waals surface area contributed by atoms with E-state index in [4.69, 9.17) is 11.1 Å². The minimum absolute atomic E-state index is 0.427. The van der Waals surface area contributed by atoms with Crippen LogP contribution in [-0.4, -0.2) is 0 Å². The molecule has 2 aromatic rings. The summed E-state index contributed by atoms with van der Waals surface area (Å²) in [5, 5.41) is 17.1. The summed E-state index contributed by atoms with van der Waals surface area (Å²) in [5.41, 5.74) is 9.42. The number of benzene rings is 2. The van der Waals surface area contributed by atoms with Gasteiger partial charge in [0.2, 0.25) is 5.39 Å². The van der Waals surface area contributed by atoms with E-state index in [1.807, 2.05) is 37.3 Å². The van der Waals surface area contributed by atoms with Crippen LogP contribution < -0.4 is 5.73 Å². The Bertz CT molecular complexity index is 655. The fourth-order valence-electron chi connectivity index (χ4n) is 1.71. The van der Waals surface area contributed by atoms with Gasteiger partial charge in [0.05, 0.1) is 11.4 Å². The van der Waals surface area contributed by atoms with Crippen molar-refractivity contribution < 1.29 is 0 Å². The summed E-state index contributed by atoms with van der Waals surface area (Å²) in [4.78, 5) is 3.17.